The van der Waals surface area contributed by atoms with E-state index in [4.69, 9.17) is 4.74 Å². The molecule has 32 heavy (non-hydrogen) atoms. The van der Waals surface area contributed by atoms with E-state index < -0.39 is 34.7 Å². The summed E-state index contributed by atoms with van der Waals surface area (Å²) in [5, 5.41) is 14.9. The van der Waals surface area contributed by atoms with Crippen molar-refractivity contribution in [3.05, 3.63) is 65.7 Å². The van der Waals surface area contributed by atoms with Gasteiger partial charge in [-0.25, -0.2) is 4.39 Å². The largest absolute Gasteiger partial charge is 0.459 e. The summed E-state index contributed by atoms with van der Waals surface area (Å²) in [5.41, 5.74) is -4.34. The van der Waals surface area contributed by atoms with E-state index in [9.17, 15) is 27.5 Å². The molecule has 1 aromatic heterocycles. The van der Waals surface area contributed by atoms with Gasteiger partial charge in [-0.05, 0) is 49.6 Å². The van der Waals surface area contributed by atoms with Crippen LogP contribution in [0.1, 0.15) is 31.9 Å². The van der Waals surface area contributed by atoms with Gasteiger partial charge in [0.15, 0.2) is 0 Å². The Morgan fingerprint density at radius 1 is 1.12 bits per heavy atom. The van der Waals surface area contributed by atoms with Crippen molar-refractivity contribution in [1.29, 1.82) is 0 Å². The predicted molar refractivity (Wildman–Crippen MR) is 108 cm³/mol. The van der Waals surface area contributed by atoms with Gasteiger partial charge in [0, 0.05) is 22.9 Å². The number of alkyl halides is 3. The topological polar surface area (TPSA) is 64.3 Å². The second-order valence-corrected chi connectivity index (χ2v) is 8.64. The molecule has 1 N–H and O–H groups in total. The van der Waals surface area contributed by atoms with E-state index in [1.807, 2.05) is 0 Å². The molecule has 168 valence electrons. The summed E-state index contributed by atoms with van der Waals surface area (Å²) in [6, 6.07) is 7.35. The number of fused-ring (bicyclic) bond motifs is 3. The molecule has 1 aliphatic carbocycles. The van der Waals surface area contributed by atoms with Crippen molar-refractivity contribution >= 4 is 5.97 Å². The molecule has 5 nitrogen and oxygen atoms in total. The number of hydrogen-bond donors (Lipinski definition) is 1. The van der Waals surface area contributed by atoms with Gasteiger partial charge in [0.25, 0.3) is 0 Å². The first-order chi connectivity index (χ1) is 14.8. The highest BCUT2D eigenvalue weighted by Gasteiger charge is 2.61. The lowest BCUT2D eigenvalue weighted by Gasteiger charge is -2.28. The van der Waals surface area contributed by atoms with Gasteiger partial charge in [-0.1, -0.05) is 24.3 Å². The number of ether oxygens (including phenoxy) is 1. The molecule has 0 saturated heterocycles. The Morgan fingerprint density at radius 2 is 1.81 bits per heavy atom. The molecule has 1 atom stereocenters. The number of rotatable bonds is 3. The van der Waals surface area contributed by atoms with Crippen LogP contribution in [0.3, 0.4) is 0 Å². The van der Waals surface area contributed by atoms with Gasteiger partial charge < -0.3 is 9.84 Å². The number of esters is 1. The van der Waals surface area contributed by atoms with Gasteiger partial charge in [-0.3, -0.25) is 9.48 Å². The summed E-state index contributed by atoms with van der Waals surface area (Å²) < 4.78 is 63.0. The van der Waals surface area contributed by atoms with E-state index in [0.29, 0.717) is 11.6 Å². The molecule has 3 aromatic rings. The van der Waals surface area contributed by atoms with E-state index in [1.54, 1.807) is 26.8 Å². The first-order valence-electron chi connectivity index (χ1n) is 9.79. The van der Waals surface area contributed by atoms with Crippen LogP contribution in [0.15, 0.2) is 48.8 Å². The monoisotopic (exact) mass is 448 g/mol. The van der Waals surface area contributed by atoms with Crippen LogP contribution in [-0.2, 0) is 21.7 Å². The average molecular weight is 448 g/mol. The lowest BCUT2D eigenvalue weighted by Crippen LogP contribution is -2.41. The summed E-state index contributed by atoms with van der Waals surface area (Å²) in [7, 11) is 0. The molecule has 0 bridgehead atoms. The van der Waals surface area contributed by atoms with E-state index in [2.05, 4.69) is 5.10 Å². The maximum Gasteiger partial charge on any atom is 0.425 e. The zero-order chi connectivity index (χ0) is 23.5. The minimum absolute atomic E-state index is 0.0682. The van der Waals surface area contributed by atoms with Crippen LogP contribution in [0.25, 0.3) is 22.3 Å². The molecule has 1 heterocycles. The van der Waals surface area contributed by atoms with Crippen LogP contribution < -0.4 is 0 Å². The molecule has 9 heteroatoms. The third-order valence-electron chi connectivity index (χ3n) is 5.14. The number of hydrogen-bond acceptors (Lipinski definition) is 4. The first kappa shape index (κ1) is 22.0. The Balaban J connectivity index is 1.83. The lowest BCUT2D eigenvalue weighted by atomic mass is 9.89. The molecule has 4 rings (SSSR count). The number of carbonyl (C=O) groups excluding carboxylic acids is 1. The standard InChI is InChI=1S/C23H20F4N2O3/c1-21(2,3)32-19(30)12-29-11-13(10-28-29)16-8-14(24)9-18-20(16)15-6-4-5-7-17(15)22(18,31)23(25,26)27/h4-11,31H,12H2,1-3H3. The zero-order valence-corrected chi connectivity index (χ0v) is 17.5. The fraction of sp³-hybridized carbons (Fsp3) is 0.304. The van der Waals surface area contributed by atoms with Crippen molar-refractivity contribution in [2.45, 2.75) is 44.7 Å². The summed E-state index contributed by atoms with van der Waals surface area (Å²) in [6.45, 7) is 4.93. The highest BCUT2D eigenvalue weighted by molar-refractivity contribution is 5.92. The van der Waals surface area contributed by atoms with Crippen molar-refractivity contribution in [1.82, 2.24) is 9.78 Å². The molecule has 0 aliphatic heterocycles. The fourth-order valence-corrected chi connectivity index (χ4v) is 3.97. The number of halogens is 4. The van der Waals surface area contributed by atoms with Crippen LogP contribution in [0.2, 0.25) is 0 Å². The Kier molecular flexibility index (Phi) is 4.93. The first-order valence-corrected chi connectivity index (χ1v) is 9.79. The van der Waals surface area contributed by atoms with E-state index in [0.717, 1.165) is 6.07 Å². The number of benzene rings is 2. The smallest absolute Gasteiger partial charge is 0.425 e. The molecule has 0 amide bonds. The summed E-state index contributed by atoms with van der Waals surface area (Å²) in [5.74, 6) is -1.48. The van der Waals surface area contributed by atoms with Crippen LogP contribution in [0.5, 0.6) is 0 Å². The third-order valence-corrected chi connectivity index (χ3v) is 5.14. The number of nitrogens with zero attached hydrogens (tertiary/aromatic N) is 2. The van der Waals surface area contributed by atoms with Crippen molar-refractivity contribution in [2.75, 3.05) is 0 Å². The molecule has 1 aliphatic rings. The van der Waals surface area contributed by atoms with Gasteiger partial charge in [-0.2, -0.15) is 18.3 Å². The molecule has 1 unspecified atom stereocenters. The van der Waals surface area contributed by atoms with Gasteiger partial charge in [-0.15, -0.1) is 0 Å². The maximum absolute atomic E-state index is 14.5. The normalized spacial score (nSPS) is 17.8. The molecule has 0 spiro atoms. The number of carbonyl (C=O) groups is 1. The van der Waals surface area contributed by atoms with Crippen LogP contribution >= 0.6 is 0 Å². The highest BCUT2D eigenvalue weighted by Crippen LogP contribution is 2.57. The molecule has 2 aromatic carbocycles. The van der Waals surface area contributed by atoms with Crippen molar-refractivity contribution in [3.63, 3.8) is 0 Å². The van der Waals surface area contributed by atoms with Gasteiger partial charge in [0.05, 0.1) is 6.20 Å². The second-order valence-electron chi connectivity index (χ2n) is 8.64. The quantitative estimate of drug-likeness (QED) is 0.462. The molecular weight excluding hydrogens is 428 g/mol. The number of aliphatic hydroxyl groups is 1. The molecular formula is C23H20F4N2O3. The van der Waals surface area contributed by atoms with Crippen molar-refractivity contribution in [3.8, 4) is 22.3 Å². The van der Waals surface area contributed by atoms with Gasteiger partial charge in [0.2, 0.25) is 5.60 Å². The third kappa shape index (κ3) is 3.56. The van der Waals surface area contributed by atoms with Crippen molar-refractivity contribution in [2.24, 2.45) is 0 Å². The molecule has 0 fully saturated rings. The van der Waals surface area contributed by atoms with Crippen LogP contribution in [0, 0.1) is 5.82 Å². The Bertz CT molecular complexity index is 1210. The SMILES string of the molecule is CC(C)(C)OC(=O)Cn1cc(-c2cc(F)cc3c2-c2ccccc2C3(O)C(F)(F)F)cn1. The summed E-state index contributed by atoms with van der Waals surface area (Å²) in [6.07, 6.45) is -2.32. The van der Waals surface area contributed by atoms with Crippen molar-refractivity contribution < 1.29 is 32.2 Å². The highest BCUT2D eigenvalue weighted by atomic mass is 19.4. The molecule has 0 radical (unpaired) electrons. The maximum atomic E-state index is 14.5. The summed E-state index contributed by atoms with van der Waals surface area (Å²) in [4.78, 5) is 12.1. The van der Waals surface area contributed by atoms with E-state index >= 15 is 0 Å². The predicted octanol–water partition coefficient (Wildman–Crippen LogP) is 4.81. The van der Waals surface area contributed by atoms with E-state index in [-0.39, 0.29) is 28.8 Å². The van der Waals surface area contributed by atoms with E-state index in [1.165, 1.54) is 35.3 Å². The van der Waals surface area contributed by atoms with Gasteiger partial charge >= 0.3 is 12.1 Å². The number of aromatic nitrogens is 2. The minimum Gasteiger partial charge on any atom is -0.459 e. The lowest BCUT2D eigenvalue weighted by molar-refractivity contribution is -0.246. The van der Waals surface area contributed by atoms with Crippen LogP contribution in [-0.4, -0.2) is 32.6 Å². The van der Waals surface area contributed by atoms with Gasteiger partial charge in [0.1, 0.15) is 18.0 Å². The summed E-state index contributed by atoms with van der Waals surface area (Å²) >= 11 is 0. The molecule has 0 saturated carbocycles. The average Bonchev–Trinajstić information content (AvgIpc) is 3.22. The van der Waals surface area contributed by atoms with Crippen LogP contribution in [0.4, 0.5) is 17.6 Å². The Hall–Kier alpha value is -3.20. The zero-order valence-electron chi connectivity index (χ0n) is 17.5. The second kappa shape index (κ2) is 7.16. The Labute approximate surface area is 181 Å². The minimum atomic E-state index is -5.07. The Morgan fingerprint density at radius 3 is 2.47 bits per heavy atom. The fourth-order valence-electron chi connectivity index (χ4n) is 3.97.